The molecule has 2 aliphatic carbocycles. The van der Waals surface area contributed by atoms with Gasteiger partial charge in [-0.25, -0.2) is 9.59 Å². The maximum Gasteiger partial charge on any atom is 0.365 e. The third kappa shape index (κ3) is 12.7. The van der Waals surface area contributed by atoms with Crippen LogP contribution in [0.15, 0.2) is 194 Å². The van der Waals surface area contributed by atoms with E-state index in [9.17, 15) is 19.2 Å². The van der Waals surface area contributed by atoms with Crippen LogP contribution in [0.4, 0.5) is 0 Å². The Labute approximate surface area is 388 Å². The van der Waals surface area contributed by atoms with Crippen LogP contribution in [0, 0.1) is 11.8 Å². The number of ketones is 2. The average molecular weight is 899 g/mol. The minimum Gasteiger partial charge on any atom is -0.312 e. The molecule has 2 saturated carbocycles. The lowest BCUT2D eigenvalue weighted by Gasteiger charge is -2.21. The molecule has 2 atom stereocenters. The maximum absolute atomic E-state index is 14.0. The highest BCUT2D eigenvalue weighted by Crippen LogP contribution is 2.41. The molecule has 0 spiro atoms. The molecule has 6 aromatic carbocycles. The molecule has 0 bridgehead atoms. The number of Topliss-reactive ketones (excluding diaryl/α,β-unsaturated/α-hetero) is 2. The van der Waals surface area contributed by atoms with Crippen LogP contribution in [0.5, 0.6) is 0 Å². The Kier molecular flexibility index (Phi) is 15.7. The van der Waals surface area contributed by atoms with E-state index < -0.39 is 11.9 Å². The number of benzene rings is 6. The molecule has 8 rings (SSSR count). The average Bonchev–Trinajstić information content (AvgIpc) is 3.84. The van der Waals surface area contributed by atoms with Crippen LogP contribution in [0.1, 0.15) is 117 Å². The summed E-state index contributed by atoms with van der Waals surface area (Å²) in [5, 5.41) is 8.37. The molecule has 0 N–H and O–H groups in total. The molecule has 10 heteroatoms. The van der Waals surface area contributed by atoms with Gasteiger partial charge in [0.25, 0.3) is 0 Å². The van der Waals surface area contributed by atoms with Gasteiger partial charge in [-0.3, -0.25) is 9.59 Å². The summed E-state index contributed by atoms with van der Waals surface area (Å²) in [5.41, 5.74) is 3.50. The second-order valence-corrected chi connectivity index (χ2v) is 18.9. The SMILES string of the molecule is O=C(O/N=C(\CC1CCCCC1)C(=O)c1ccc(Sc2ccc(C3CCC(C/C(=N\OC(=O)c4ccccc4)C(=O)c4ccc(Sc5ccccc5)cc4)C3)cc2)cc1)c1ccccc1. The van der Waals surface area contributed by atoms with Gasteiger partial charge in [-0.15, -0.1) is 0 Å². The quantitative estimate of drug-likeness (QED) is 0.0385. The predicted molar refractivity (Wildman–Crippen MR) is 257 cm³/mol. The lowest BCUT2D eigenvalue weighted by atomic mass is 9.84. The van der Waals surface area contributed by atoms with Crippen LogP contribution >= 0.6 is 23.5 Å². The number of hydrogen-bond acceptors (Lipinski definition) is 10. The predicted octanol–water partition coefficient (Wildman–Crippen LogP) is 13.7. The molecule has 0 heterocycles. The van der Waals surface area contributed by atoms with Crippen molar-refractivity contribution in [3.05, 3.63) is 192 Å². The highest BCUT2D eigenvalue weighted by Gasteiger charge is 2.30. The lowest BCUT2D eigenvalue weighted by molar-refractivity contribution is 0.0504. The number of oxime groups is 2. The first-order chi connectivity index (χ1) is 31.8. The molecular weight excluding hydrogens is 849 g/mol. The highest BCUT2D eigenvalue weighted by molar-refractivity contribution is 7.99. The topological polar surface area (TPSA) is 111 Å². The number of hydrogen-bond donors (Lipinski definition) is 0. The minimum atomic E-state index is -0.607. The Morgan fingerprint density at radius 2 is 0.846 bits per heavy atom. The number of carbonyl (C=O) groups excluding carboxylic acids is 4. The van der Waals surface area contributed by atoms with Crippen LogP contribution in [0.2, 0.25) is 0 Å². The van der Waals surface area contributed by atoms with Crippen molar-refractivity contribution in [3.8, 4) is 0 Å². The van der Waals surface area contributed by atoms with Crippen molar-refractivity contribution in [2.75, 3.05) is 0 Å². The van der Waals surface area contributed by atoms with E-state index in [4.69, 9.17) is 9.68 Å². The number of nitrogens with zero attached hydrogens (tertiary/aromatic N) is 2. The summed E-state index contributed by atoms with van der Waals surface area (Å²) < 4.78 is 0. The van der Waals surface area contributed by atoms with Crippen molar-refractivity contribution in [2.45, 2.75) is 89.7 Å². The summed E-state index contributed by atoms with van der Waals surface area (Å²) in [7, 11) is 0. The Hall–Kier alpha value is -6.36. The van der Waals surface area contributed by atoms with Gasteiger partial charge < -0.3 is 9.68 Å². The van der Waals surface area contributed by atoms with Crippen LogP contribution in [-0.4, -0.2) is 34.9 Å². The first-order valence-electron chi connectivity index (χ1n) is 22.3. The zero-order valence-electron chi connectivity index (χ0n) is 36.1. The largest absolute Gasteiger partial charge is 0.365 e. The van der Waals surface area contributed by atoms with Gasteiger partial charge in [0, 0.05) is 30.7 Å². The molecule has 0 aromatic heterocycles. The van der Waals surface area contributed by atoms with Gasteiger partial charge in [0.15, 0.2) is 0 Å². The fraction of sp³-hybridized carbons (Fsp3) is 0.236. The zero-order valence-corrected chi connectivity index (χ0v) is 37.7. The molecule has 2 fully saturated rings. The molecule has 0 amide bonds. The molecule has 0 aliphatic heterocycles. The molecule has 0 radical (unpaired) electrons. The summed E-state index contributed by atoms with van der Waals surface area (Å²) in [6.45, 7) is 0. The standard InChI is InChI=1S/C55H50N2O6S2/c58-52(50(36-38-13-5-1-6-14-38)56-62-54(60)43-15-7-2-8-16-43)41-27-33-49(34-28-41)65-47-29-23-40(24-30-47)45-22-21-39(35-45)37-51(57-63-55(61)44-17-9-3-10-18-44)53(59)42-25-31-48(32-26-42)64-46-19-11-4-12-20-46/h2-4,7-12,15-20,23-34,38-39,45H,1,5-6,13-14,21-22,35-37H2/b56-50+,57-51+. The summed E-state index contributed by atoms with van der Waals surface area (Å²) in [6.07, 6.45) is 9.17. The van der Waals surface area contributed by atoms with E-state index in [-0.39, 0.29) is 28.9 Å². The summed E-state index contributed by atoms with van der Waals surface area (Å²) in [6, 6.07) is 51.0. The molecular formula is C55H50N2O6S2. The van der Waals surface area contributed by atoms with Crippen LogP contribution in [-0.2, 0) is 9.68 Å². The molecule has 328 valence electrons. The third-order valence-corrected chi connectivity index (χ3v) is 14.1. The van der Waals surface area contributed by atoms with Crippen molar-refractivity contribution in [2.24, 2.45) is 22.1 Å². The second kappa shape index (κ2) is 22.5. The van der Waals surface area contributed by atoms with Gasteiger partial charge in [-0.05, 0) is 152 Å². The van der Waals surface area contributed by atoms with Crippen molar-refractivity contribution in [1.82, 2.24) is 0 Å². The van der Waals surface area contributed by atoms with Crippen molar-refractivity contribution in [3.63, 3.8) is 0 Å². The van der Waals surface area contributed by atoms with Crippen molar-refractivity contribution in [1.29, 1.82) is 0 Å². The normalized spacial score (nSPS) is 16.7. The Morgan fingerprint density at radius 1 is 0.431 bits per heavy atom. The highest BCUT2D eigenvalue weighted by atomic mass is 32.2. The molecule has 2 aliphatic rings. The third-order valence-electron chi connectivity index (χ3n) is 12.0. The van der Waals surface area contributed by atoms with Gasteiger partial charge in [0.2, 0.25) is 11.6 Å². The van der Waals surface area contributed by atoms with E-state index in [1.165, 1.54) is 12.0 Å². The molecule has 0 saturated heterocycles. The number of carbonyl (C=O) groups is 4. The van der Waals surface area contributed by atoms with Gasteiger partial charge in [0.05, 0.1) is 11.1 Å². The van der Waals surface area contributed by atoms with Gasteiger partial charge in [0.1, 0.15) is 11.4 Å². The van der Waals surface area contributed by atoms with E-state index in [0.29, 0.717) is 46.9 Å². The van der Waals surface area contributed by atoms with Gasteiger partial charge in [-0.2, -0.15) is 0 Å². The fourth-order valence-electron chi connectivity index (χ4n) is 8.54. The van der Waals surface area contributed by atoms with Crippen molar-refractivity contribution < 1.29 is 28.9 Å². The minimum absolute atomic E-state index is 0.186. The fourth-order valence-corrected chi connectivity index (χ4v) is 10.2. The first-order valence-corrected chi connectivity index (χ1v) is 23.9. The van der Waals surface area contributed by atoms with Gasteiger partial charge >= 0.3 is 11.9 Å². The van der Waals surface area contributed by atoms with Gasteiger partial charge in [-0.1, -0.05) is 133 Å². The zero-order chi connectivity index (χ0) is 44.8. The van der Waals surface area contributed by atoms with E-state index in [0.717, 1.165) is 64.5 Å². The van der Waals surface area contributed by atoms with E-state index in [2.05, 4.69) is 34.6 Å². The monoisotopic (exact) mass is 898 g/mol. The Morgan fingerprint density at radius 3 is 1.32 bits per heavy atom. The lowest BCUT2D eigenvalue weighted by Crippen LogP contribution is -2.21. The van der Waals surface area contributed by atoms with E-state index in [1.54, 1.807) is 72.1 Å². The van der Waals surface area contributed by atoms with Crippen molar-refractivity contribution >= 4 is 58.5 Å². The number of rotatable bonds is 17. The van der Waals surface area contributed by atoms with E-state index >= 15 is 0 Å². The summed E-state index contributed by atoms with van der Waals surface area (Å²) in [4.78, 5) is 68.2. The first kappa shape index (κ1) is 45.2. The summed E-state index contributed by atoms with van der Waals surface area (Å²) >= 11 is 3.24. The molecule has 65 heavy (non-hydrogen) atoms. The van der Waals surface area contributed by atoms with E-state index in [1.807, 2.05) is 91.0 Å². The second-order valence-electron chi connectivity index (χ2n) is 16.6. The smallest absolute Gasteiger partial charge is 0.312 e. The Balaban J connectivity index is 0.889. The van der Waals surface area contributed by atoms with Crippen LogP contribution < -0.4 is 0 Å². The molecule has 6 aromatic rings. The molecule has 2 unspecified atom stereocenters. The van der Waals surface area contributed by atoms with Crippen LogP contribution in [0.3, 0.4) is 0 Å². The Bertz CT molecular complexity index is 2610. The molecule has 8 nitrogen and oxygen atoms in total. The van der Waals surface area contributed by atoms with Crippen LogP contribution in [0.25, 0.3) is 0 Å². The maximum atomic E-state index is 14.0. The summed E-state index contributed by atoms with van der Waals surface area (Å²) in [5.74, 6) is -0.831.